The molecule has 2 heteroatoms. The molecule has 0 atom stereocenters. The summed E-state index contributed by atoms with van der Waals surface area (Å²) in [5.74, 6) is 2.35. The SMILES string of the molecule is C#Cc1cc(-c2ccc(C)cc2F)cs1. The molecule has 0 aliphatic carbocycles. The zero-order valence-electron chi connectivity index (χ0n) is 8.25. The minimum absolute atomic E-state index is 0.198. The Kier molecular flexibility index (Phi) is 2.57. The van der Waals surface area contributed by atoms with Gasteiger partial charge in [-0.15, -0.1) is 17.8 Å². The van der Waals surface area contributed by atoms with Crippen molar-refractivity contribution >= 4 is 11.3 Å². The quantitative estimate of drug-likeness (QED) is 0.635. The Labute approximate surface area is 92.4 Å². The van der Waals surface area contributed by atoms with Crippen LogP contribution >= 0.6 is 11.3 Å². The van der Waals surface area contributed by atoms with Gasteiger partial charge in [0.05, 0.1) is 4.88 Å². The van der Waals surface area contributed by atoms with Crippen LogP contribution in [0.15, 0.2) is 29.6 Å². The molecule has 0 saturated heterocycles. The van der Waals surface area contributed by atoms with Crippen molar-refractivity contribution in [3.63, 3.8) is 0 Å². The minimum atomic E-state index is -0.198. The molecule has 0 unspecified atom stereocenters. The maximum absolute atomic E-state index is 13.6. The Morgan fingerprint density at radius 3 is 2.73 bits per heavy atom. The molecule has 1 aromatic carbocycles. The van der Waals surface area contributed by atoms with Gasteiger partial charge < -0.3 is 0 Å². The molecular formula is C13H9FS. The number of hydrogen-bond donors (Lipinski definition) is 0. The van der Waals surface area contributed by atoms with Gasteiger partial charge in [-0.2, -0.15) is 0 Å². The Morgan fingerprint density at radius 2 is 2.13 bits per heavy atom. The van der Waals surface area contributed by atoms with Crippen molar-refractivity contribution in [2.45, 2.75) is 6.92 Å². The summed E-state index contributed by atoms with van der Waals surface area (Å²) in [6, 6.07) is 7.04. The highest BCUT2D eigenvalue weighted by Crippen LogP contribution is 2.27. The van der Waals surface area contributed by atoms with Crippen molar-refractivity contribution in [2.24, 2.45) is 0 Å². The van der Waals surface area contributed by atoms with Gasteiger partial charge in [-0.25, -0.2) is 4.39 Å². The van der Waals surface area contributed by atoms with E-state index in [9.17, 15) is 4.39 Å². The van der Waals surface area contributed by atoms with Crippen molar-refractivity contribution < 1.29 is 4.39 Å². The molecule has 1 heterocycles. The molecule has 0 bridgehead atoms. The van der Waals surface area contributed by atoms with E-state index in [0.29, 0.717) is 5.56 Å². The molecule has 74 valence electrons. The predicted octanol–water partition coefficient (Wildman–Crippen LogP) is 3.84. The first kappa shape index (κ1) is 9.95. The van der Waals surface area contributed by atoms with E-state index in [1.165, 1.54) is 17.4 Å². The van der Waals surface area contributed by atoms with E-state index < -0.39 is 0 Å². The number of aryl methyl sites for hydroxylation is 1. The number of terminal acetylenes is 1. The fourth-order valence-electron chi connectivity index (χ4n) is 1.41. The molecule has 1 aromatic heterocycles. The molecule has 2 rings (SSSR count). The second kappa shape index (κ2) is 3.88. The van der Waals surface area contributed by atoms with E-state index >= 15 is 0 Å². The third-order valence-corrected chi connectivity index (χ3v) is 3.04. The lowest BCUT2D eigenvalue weighted by Gasteiger charge is -2.00. The highest BCUT2D eigenvalue weighted by atomic mass is 32.1. The van der Waals surface area contributed by atoms with Crippen LogP contribution in [0.4, 0.5) is 4.39 Å². The van der Waals surface area contributed by atoms with Crippen LogP contribution in [-0.4, -0.2) is 0 Å². The summed E-state index contributed by atoms with van der Waals surface area (Å²) in [4.78, 5) is 0.824. The number of thiophene rings is 1. The molecule has 0 N–H and O–H groups in total. The normalized spacial score (nSPS) is 9.93. The third-order valence-electron chi connectivity index (χ3n) is 2.18. The Morgan fingerprint density at radius 1 is 1.33 bits per heavy atom. The summed E-state index contributed by atoms with van der Waals surface area (Å²) in [7, 11) is 0. The average Bonchev–Trinajstić information content (AvgIpc) is 2.66. The van der Waals surface area contributed by atoms with Crippen molar-refractivity contribution in [1.82, 2.24) is 0 Å². The van der Waals surface area contributed by atoms with E-state index in [0.717, 1.165) is 16.0 Å². The van der Waals surface area contributed by atoms with Crippen molar-refractivity contribution in [3.8, 4) is 23.5 Å². The number of rotatable bonds is 1. The maximum Gasteiger partial charge on any atom is 0.131 e. The fraction of sp³-hybridized carbons (Fsp3) is 0.0769. The van der Waals surface area contributed by atoms with E-state index in [2.05, 4.69) is 5.92 Å². The van der Waals surface area contributed by atoms with Crippen LogP contribution < -0.4 is 0 Å². The zero-order chi connectivity index (χ0) is 10.8. The van der Waals surface area contributed by atoms with Crippen LogP contribution in [0.2, 0.25) is 0 Å². The summed E-state index contributed by atoms with van der Waals surface area (Å²) in [5, 5.41) is 1.88. The topological polar surface area (TPSA) is 0 Å². The Bertz CT molecular complexity index is 532. The van der Waals surface area contributed by atoms with Gasteiger partial charge in [-0.3, -0.25) is 0 Å². The summed E-state index contributed by atoms with van der Waals surface area (Å²) >= 11 is 1.45. The van der Waals surface area contributed by atoms with Gasteiger partial charge in [0.1, 0.15) is 5.82 Å². The largest absolute Gasteiger partial charge is 0.206 e. The first-order chi connectivity index (χ1) is 7.20. The average molecular weight is 216 g/mol. The van der Waals surface area contributed by atoms with Gasteiger partial charge in [-0.1, -0.05) is 18.1 Å². The molecule has 0 spiro atoms. The molecule has 15 heavy (non-hydrogen) atoms. The molecule has 0 aliphatic rings. The molecule has 0 radical (unpaired) electrons. The van der Waals surface area contributed by atoms with Gasteiger partial charge >= 0.3 is 0 Å². The van der Waals surface area contributed by atoms with Crippen LogP contribution in [0.1, 0.15) is 10.4 Å². The van der Waals surface area contributed by atoms with E-state index in [1.807, 2.05) is 24.4 Å². The van der Waals surface area contributed by atoms with Crippen molar-refractivity contribution in [2.75, 3.05) is 0 Å². The Balaban J connectivity index is 2.50. The van der Waals surface area contributed by atoms with E-state index in [4.69, 9.17) is 6.42 Å². The second-order valence-corrected chi connectivity index (χ2v) is 4.24. The van der Waals surface area contributed by atoms with Crippen LogP contribution in [-0.2, 0) is 0 Å². The summed E-state index contributed by atoms with van der Waals surface area (Å²) in [5.41, 5.74) is 2.38. The fourth-order valence-corrected chi connectivity index (χ4v) is 2.12. The molecule has 0 nitrogen and oxygen atoms in total. The highest BCUT2D eigenvalue weighted by Gasteiger charge is 2.06. The van der Waals surface area contributed by atoms with E-state index in [1.54, 1.807) is 6.07 Å². The van der Waals surface area contributed by atoms with Crippen LogP contribution in [0, 0.1) is 25.1 Å². The lowest BCUT2D eigenvalue weighted by Crippen LogP contribution is -1.83. The lowest BCUT2D eigenvalue weighted by molar-refractivity contribution is 0.630. The first-order valence-corrected chi connectivity index (χ1v) is 5.40. The molecule has 0 saturated carbocycles. The standard InChI is InChI=1S/C13H9FS/c1-3-11-7-10(8-15-11)12-5-4-9(2)6-13(12)14/h1,4-8H,2H3. The number of halogens is 1. The molecule has 0 aliphatic heterocycles. The summed E-state index contributed by atoms with van der Waals surface area (Å²) in [6.07, 6.45) is 5.27. The monoisotopic (exact) mass is 216 g/mol. The summed E-state index contributed by atoms with van der Waals surface area (Å²) < 4.78 is 13.6. The van der Waals surface area contributed by atoms with Crippen molar-refractivity contribution in [3.05, 3.63) is 45.9 Å². The van der Waals surface area contributed by atoms with E-state index in [-0.39, 0.29) is 5.82 Å². The highest BCUT2D eigenvalue weighted by molar-refractivity contribution is 7.11. The number of hydrogen-bond acceptors (Lipinski definition) is 1. The zero-order valence-corrected chi connectivity index (χ0v) is 9.07. The third kappa shape index (κ3) is 1.93. The molecule has 2 aromatic rings. The summed E-state index contributed by atoms with van der Waals surface area (Å²) in [6.45, 7) is 1.87. The minimum Gasteiger partial charge on any atom is -0.206 e. The molecule has 0 amide bonds. The Hall–Kier alpha value is -1.59. The van der Waals surface area contributed by atoms with Crippen LogP contribution in [0.25, 0.3) is 11.1 Å². The van der Waals surface area contributed by atoms with Gasteiger partial charge in [0.2, 0.25) is 0 Å². The van der Waals surface area contributed by atoms with Gasteiger partial charge in [0, 0.05) is 5.56 Å². The molecule has 0 fully saturated rings. The van der Waals surface area contributed by atoms with Crippen molar-refractivity contribution in [1.29, 1.82) is 0 Å². The predicted molar refractivity (Wildman–Crippen MR) is 62.4 cm³/mol. The van der Waals surface area contributed by atoms with Crippen LogP contribution in [0.5, 0.6) is 0 Å². The maximum atomic E-state index is 13.6. The van der Waals surface area contributed by atoms with Gasteiger partial charge in [0.25, 0.3) is 0 Å². The smallest absolute Gasteiger partial charge is 0.131 e. The van der Waals surface area contributed by atoms with Crippen LogP contribution in [0.3, 0.4) is 0 Å². The van der Waals surface area contributed by atoms with Gasteiger partial charge in [-0.05, 0) is 35.6 Å². The molecular weight excluding hydrogens is 207 g/mol. The first-order valence-electron chi connectivity index (χ1n) is 4.52. The lowest BCUT2D eigenvalue weighted by atomic mass is 10.1. The second-order valence-electron chi connectivity index (χ2n) is 3.33. The number of benzene rings is 1. The van der Waals surface area contributed by atoms with Gasteiger partial charge in [0.15, 0.2) is 0 Å².